The number of hydrogen-bond donors (Lipinski definition) is 3. The van der Waals surface area contributed by atoms with E-state index in [1.165, 1.54) is 0 Å². The van der Waals surface area contributed by atoms with E-state index in [0.29, 0.717) is 23.8 Å². The number of hydrazine groups is 1. The van der Waals surface area contributed by atoms with E-state index in [4.69, 9.17) is 9.47 Å². The Balaban J connectivity index is 1.72. The van der Waals surface area contributed by atoms with Gasteiger partial charge in [0.2, 0.25) is 11.8 Å². The van der Waals surface area contributed by atoms with E-state index in [-0.39, 0.29) is 30.8 Å². The lowest BCUT2D eigenvalue weighted by molar-refractivity contribution is -0.130. The van der Waals surface area contributed by atoms with E-state index < -0.39 is 11.8 Å². The van der Waals surface area contributed by atoms with Crippen LogP contribution < -0.4 is 25.6 Å². The normalized spacial score (nSPS) is 10.8. The Kier molecular flexibility index (Phi) is 9.72. The quantitative estimate of drug-likeness (QED) is 0.432. The lowest BCUT2D eigenvalue weighted by Gasteiger charge is -2.23. The molecule has 2 aromatic carbocycles. The SMILES string of the molecule is CCOc1ccc(NC(=O)CCC(=O)NNC(=O)COc2ccc(Br)cc2C(C)(C)C)cc1. The molecule has 0 bridgehead atoms. The largest absolute Gasteiger partial charge is 0.494 e. The molecule has 0 aliphatic heterocycles. The molecule has 0 unspecified atom stereocenters. The Bertz CT molecular complexity index is 971. The van der Waals surface area contributed by atoms with Crippen LogP contribution in [0.15, 0.2) is 46.9 Å². The Morgan fingerprint density at radius 2 is 1.52 bits per heavy atom. The molecule has 0 heterocycles. The van der Waals surface area contributed by atoms with Gasteiger partial charge in [0.15, 0.2) is 6.61 Å². The molecule has 0 aromatic heterocycles. The number of halogens is 1. The smallest absolute Gasteiger partial charge is 0.276 e. The standard InChI is InChI=1S/C24H30BrN3O5/c1-5-32-18-9-7-17(8-10-18)26-21(29)12-13-22(30)27-28-23(31)15-33-20-11-6-16(25)14-19(20)24(2,3)4/h6-11,14H,5,12-13,15H2,1-4H3,(H,26,29)(H,27,30)(H,28,31). The molecule has 0 radical (unpaired) electrons. The van der Waals surface area contributed by atoms with Crippen molar-refractivity contribution in [1.82, 2.24) is 10.9 Å². The number of carbonyl (C=O) groups excluding carboxylic acids is 3. The van der Waals surface area contributed by atoms with E-state index in [1.54, 1.807) is 30.3 Å². The van der Waals surface area contributed by atoms with Gasteiger partial charge in [0.05, 0.1) is 6.61 Å². The molecule has 2 aromatic rings. The van der Waals surface area contributed by atoms with Gasteiger partial charge in [-0.1, -0.05) is 36.7 Å². The van der Waals surface area contributed by atoms with Crippen molar-refractivity contribution >= 4 is 39.3 Å². The summed E-state index contributed by atoms with van der Waals surface area (Å²) in [5.74, 6) is 0.00519. The molecular weight excluding hydrogens is 490 g/mol. The number of ether oxygens (including phenoxy) is 2. The highest BCUT2D eigenvalue weighted by Gasteiger charge is 2.20. The fourth-order valence-corrected chi connectivity index (χ4v) is 3.21. The highest BCUT2D eigenvalue weighted by molar-refractivity contribution is 9.10. The first-order chi connectivity index (χ1) is 15.6. The van der Waals surface area contributed by atoms with Crippen LogP contribution in [0.5, 0.6) is 11.5 Å². The van der Waals surface area contributed by atoms with Crippen LogP contribution >= 0.6 is 15.9 Å². The fraction of sp³-hybridized carbons (Fsp3) is 0.375. The zero-order valence-corrected chi connectivity index (χ0v) is 20.9. The van der Waals surface area contributed by atoms with Crippen molar-refractivity contribution in [2.45, 2.75) is 46.0 Å². The monoisotopic (exact) mass is 519 g/mol. The molecule has 0 saturated heterocycles. The molecule has 0 fully saturated rings. The van der Waals surface area contributed by atoms with Crippen LogP contribution in [0.4, 0.5) is 5.69 Å². The number of rotatable bonds is 9. The number of benzene rings is 2. The van der Waals surface area contributed by atoms with Crippen molar-refractivity contribution in [3.8, 4) is 11.5 Å². The molecule has 0 saturated carbocycles. The molecule has 178 valence electrons. The molecule has 0 spiro atoms. The van der Waals surface area contributed by atoms with Crippen LogP contribution in [0.25, 0.3) is 0 Å². The van der Waals surface area contributed by atoms with E-state index in [1.807, 2.05) is 39.8 Å². The zero-order chi connectivity index (χ0) is 24.4. The van der Waals surface area contributed by atoms with E-state index in [2.05, 4.69) is 32.1 Å². The van der Waals surface area contributed by atoms with Crippen molar-refractivity contribution in [2.75, 3.05) is 18.5 Å². The molecule has 0 atom stereocenters. The number of carbonyl (C=O) groups is 3. The summed E-state index contributed by atoms with van der Waals surface area (Å²) in [6.07, 6.45) is -0.107. The lowest BCUT2D eigenvalue weighted by Crippen LogP contribution is -2.44. The van der Waals surface area contributed by atoms with Gasteiger partial charge in [-0.2, -0.15) is 0 Å². The number of amides is 3. The minimum Gasteiger partial charge on any atom is -0.494 e. The third-order valence-corrected chi connectivity index (χ3v) is 4.97. The molecule has 33 heavy (non-hydrogen) atoms. The van der Waals surface area contributed by atoms with Crippen molar-refractivity contribution in [2.24, 2.45) is 0 Å². The van der Waals surface area contributed by atoms with E-state index >= 15 is 0 Å². The number of anilines is 1. The third kappa shape index (κ3) is 9.13. The summed E-state index contributed by atoms with van der Waals surface area (Å²) in [5, 5.41) is 2.71. The van der Waals surface area contributed by atoms with Gasteiger partial charge < -0.3 is 14.8 Å². The van der Waals surface area contributed by atoms with Crippen molar-refractivity contribution in [3.05, 3.63) is 52.5 Å². The molecule has 0 aliphatic carbocycles. The summed E-state index contributed by atoms with van der Waals surface area (Å²) in [7, 11) is 0. The summed E-state index contributed by atoms with van der Waals surface area (Å²) < 4.78 is 11.9. The van der Waals surface area contributed by atoms with Crippen molar-refractivity contribution in [1.29, 1.82) is 0 Å². The van der Waals surface area contributed by atoms with Crippen molar-refractivity contribution < 1.29 is 23.9 Å². The summed E-state index contributed by atoms with van der Waals surface area (Å²) in [6.45, 7) is 8.34. The van der Waals surface area contributed by atoms with Gasteiger partial charge in [-0.05, 0) is 54.8 Å². The Morgan fingerprint density at radius 1 is 0.879 bits per heavy atom. The Labute approximate surface area is 202 Å². The van der Waals surface area contributed by atoms with Gasteiger partial charge in [0.1, 0.15) is 11.5 Å². The maximum atomic E-state index is 12.1. The summed E-state index contributed by atoms with van der Waals surface area (Å²) >= 11 is 3.45. The maximum Gasteiger partial charge on any atom is 0.276 e. The average Bonchev–Trinajstić information content (AvgIpc) is 2.76. The van der Waals surface area contributed by atoms with Crippen LogP contribution in [0, 0.1) is 0 Å². The first kappa shape index (κ1) is 26.2. The summed E-state index contributed by atoms with van der Waals surface area (Å²) in [4.78, 5) is 36.0. The second-order valence-electron chi connectivity index (χ2n) is 8.28. The predicted octanol–water partition coefficient (Wildman–Crippen LogP) is 4.09. The van der Waals surface area contributed by atoms with Gasteiger partial charge >= 0.3 is 0 Å². The molecule has 3 N–H and O–H groups in total. The topological polar surface area (TPSA) is 106 Å². The van der Waals surface area contributed by atoms with Crippen LogP contribution in [-0.4, -0.2) is 30.9 Å². The maximum absolute atomic E-state index is 12.1. The molecule has 2 rings (SSSR count). The first-order valence-corrected chi connectivity index (χ1v) is 11.4. The summed E-state index contributed by atoms with van der Waals surface area (Å²) in [5.41, 5.74) is 5.97. The molecule has 8 nitrogen and oxygen atoms in total. The Morgan fingerprint density at radius 3 is 2.15 bits per heavy atom. The lowest BCUT2D eigenvalue weighted by atomic mass is 9.86. The Hall–Kier alpha value is -3.07. The first-order valence-electron chi connectivity index (χ1n) is 10.6. The van der Waals surface area contributed by atoms with Crippen LogP contribution in [-0.2, 0) is 19.8 Å². The predicted molar refractivity (Wildman–Crippen MR) is 130 cm³/mol. The van der Waals surface area contributed by atoms with Gasteiger partial charge in [0.25, 0.3) is 5.91 Å². The highest BCUT2D eigenvalue weighted by Crippen LogP contribution is 2.33. The van der Waals surface area contributed by atoms with E-state index in [0.717, 1.165) is 10.0 Å². The fourth-order valence-electron chi connectivity index (χ4n) is 2.85. The molecule has 3 amide bonds. The third-order valence-electron chi connectivity index (χ3n) is 4.48. The van der Waals surface area contributed by atoms with Crippen LogP contribution in [0.2, 0.25) is 0 Å². The molecule has 0 aliphatic rings. The zero-order valence-electron chi connectivity index (χ0n) is 19.3. The number of hydrogen-bond acceptors (Lipinski definition) is 5. The van der Waals surface area contributed by atoms with Crippen LogP contribution in [0.1, 0.15) is 46.1 Å². The number of nitrogens with one attached hydrogen (secondary N) is 3. The highest BCUT2D eigenvalue weighted by atomic mass is 79.9. The van der Waals surface area contributed by atoms with Crippen LogP contribution in [0.3, 0.4) is 0 Å². The van der Waals surface area contributed by atoms with Gasteiger partial charge in [0, 0.05) is 28.6 Å². The van der Waals surface area contributed by atoms with Crippen molar-refractivity contribution in [3.63, 3.8) is 0 Å². The average molecular weight is 520 g/mol. The second-order valence-corrected chi connectivity index (χ2v) is 9.20. The second kappa shape index (κ2) is 12.2. The van der Waals surface area contributed by atoms with Gasteiger partial charge in [-0.25, -0.2) is 0 Å². The minimum absolute atomic E-state index is 0.0285. The van der Waals surface area contributed by atoms with Gasteiger partial charge in [-0.15, -0.1) is 0 Å². The minimum atomic E-state index is -0.509. The van der Waals surface area contributed by atoms with E-state index in [9.17, 15) is 14.4 Å². The molecular formula is C24H30BrN3O5. The summed E-state index contributed by atoms with van der Waals surface area (Å²) in [6, 6.07) is 12.5. The van der Waals surface area contributed by atoms with Gasteiger partial charge in [-0.3, -0.25) is 25.2 Å². The molecule has 9 heteroatoms.